The second-order valence-electron chi connectivity index (χ2n) is 6.16. The minimum absolute atomic E-state index is 0.0192. The first-order valence-electron chi connectivity index (χ1n) is 8.11. The standard InChI is InChI=1S/C18H22ClN3O2/c1-12-16(17(19)21(2)20-12)15-9-6-10-22(15)18(23)14-8-5-4-7-13(14)11-24-3/h4-5,7-8,15H,6,9-11H2,1-3H3/t15-/m0/s1. The molecule has 128 valence electrons. The molecule has 0 spiro atoms. The molecule has 0 bridgehead atoms. The van der Waals surface area contributed by atoms with Gasteiger partial charge in [-0.25, -0.2) is 0 Å². The molecule has 1 aromatic heterocycles. The number of benzene rings is 1. The van der Waals surface area contributed by atoms with E-state index in [0.717, 1.165) is 36.2 Å². The normalized spacial score (nSPS) is 17.5. The molecule has 1 aliphatic rings. The topological polar surface area (TPSA) is 47.4 Å². The van der Waals surface area contributed by atoms with Crippen molar-refractivity contribution in [3.63, 3.8) is 0 Å². The van der Waals surface area contributed by atoms with E-state index in [9.17, 15) is 4.79 Å². The van der Waals surface area contributed by atoms with Crippen LogP contribution in [0.15, 0.2) is 24.3 Å². The van der Waals surface area contributed by atoms with Crippen LogP contribution in [-0.2, 0) is 18.4 Å². The van der Waals surface area contributed by atoms with Crippen LogP contribution in [-0.4, -0.2) is 34.2 Å². The van der Waals surface area contributed by atoms with Crippen molar-refractivity contribution < 1.29 is 9.53 Å². The molecule has 1 fully saturated rings. The molecule has 6 heteroatoms. The van der Waals surface area contributed by atoms with Crippen LogP contribution in [0.5, 0.6) is 0 Å². The van der Waals surface area contributed by atoms with Gasteiger partial charge in [-0.05, 0) is 31.4 Å². The Kier molecular flexibility index (Phi) is 4.92. The number of rotatable bonds is 4. The number of carbonyl (C=O) groups is 1. The van der Waals surface area contributed by atoms with Gasteiger partial charge in [0.2, 0.25) is 0 Å². The van der Waals surface area contributed by atoms with Crippen LogP contribution in [0.25, 0.3) is 0 Å². The average molecular weight is 348 g/mol. The summed E-state index contributed by atoms with van der Waals surface area (Å²) in [6.45, 7) is 3.10. The fourth-order valence-electron chi connectivity index (χ4n) is 3.50. The van der Waals surface area contributed by atoms with Crippen LogP contribution in [0.1, 0.15) is 46.1 Å². The summed E-state index contributed by atoms with van der Waals surface area (Å²) in [5.41, 5.74) is 3.46. The first-order chi connectivity index (χ1) is 11.5. The maximum Gasteiger partial charge on any atom is 0.254 e. The Hall–Kier alpha value is -1.85. The van der Waals surface area contributed by atoms with E-state index in [1.807, 2.05) is 43.1 Å². The molecule has 1 aromatic carbocycles. The van der Waals surface area contributed by atoms with Gasteiger partial charge >= 0.3 is 0 Å². The van der Waals surface area contributed by atoms with Crippen LogP contribution >= 0.6 is 11.6 Å². The number of carbonyl (C=O) groups excluding carboxylic acids is 1. The zero-order valence-corrected chi connectivity index (χ0v) is 15.0. The number of aromatic nitrogens is 2. The Morgan fingerprint density at radius 3 is 2.83 bits per heavy atom. The van der Waals surface area contributed by atoms with E-state index in [1.165, 1.54) is 0 Å². The minimum Gasteiger partial charge on any atom is -0.380 e. The Bertz CT molecular complexity index is 757. The maximum absolute atomic E-state index is 13.2. The third kappa shape index (κ3) is 2.94. The zero-order chi connectivity index (χ0) is 17.3. The quantitative estimate of drug-likeness (QED) is 0.850. The monoisotopic (exact) mass is 347 g/mol. The summed E-state index contributed by atoms with van der Waals surface area (Å²) in [7, 11) is 3.46. The van der Waals surface area contributed by atoms with Gasteiger partial charge in [-0.3, -0.25) is 9.48 Å². The van der Waals surface area contributed by atoms with Crippen LogP contribution in [0.2, 0.25) is 5.15 Å². The van der Waals surface area contributed by atoms with E-state index in [0.29, 0.717) is 17.3 Å². The van der Waals surface area contributed by atoms with Gasteiger partial charge in [0.15, 0.2) is 0 Å². The van der Waals surface area contributed by atoms with Crippen LogP contribution in [0, 0.1) is 6.92 Å². The lowest BCUT2D eigenvalue weighted by Crippen LogP contribution is -2.31. The lowest BCUT2D eigenvalue weighted by molar-refractivity contribution is 0.0730. The van der Waals surface area contributed by atoms with Gasteiger partial charge in [-0.15, -0.1) is 0 Å². The largest absolute Gasteiger partial charge is 0.380 e. The van der Waals surface area contributed by atoms with Crippen molar-refractivity contribution in [1.29, 1.82) is 0 Å². The second kappa shape index (κ2) is 6.95. The maximum atomic E-state index is 13.2. The predicted octanol–water partition coefficient (Wildman–Crippen LogP) is 3.51. The summed E-state index contributed by atoms with van der Waals surface area (Å²) < 4.78 is 6.90. The third-order valence-electron chi connectivity index (χ3n) is 4.59. The highest BCUT2D eigenvalue weighted by Crippen LogP contribution is 2.38. The van der Waals surface area contributed by atoms with E-state index < -0.39 is 0 Å². The number of methoxy groups -OCH3 is 1. The summed E-state index contributed by atoms with van der Waals surface area (Å²) in [5, 5.41) is 5.01. The van der Waals surface area contributed by atoms with Gasteiger partial charge < -0.3 is 9.64 Å². The SMILES string of the molecule is COCc1ccccc1C(=O)N1CCC[C@H]1c1c(C)nn(C)c1Cl. The molecule has 0 unspecified atom stereocenters. The van der Waals surface area contributed by atoms with Crippen LogP contribution in [0.4, 0.5) is 0 Å². The average Bonchev–Trinajstić information content (AvgIpc) is 3.12. The number of aryl methyl sites for hydroxylation is 2. The number of halogens is 1. The fraction of sp³-hybridized carbons (Fsp3) is 0.444. The summed E-state index contributed by atoms with van der Waals surface area (Å²) in [6, 6.07) is 7.59. The molecule has 5 nitrogen and oxygen atoms in total. The van der Waals surface area contributed by atoms with E-state index in [-0.39, 0.29) is 11.9 Å². The van der Waals surface area contributed by atoms with Crippen molar-refractivity contribution in [3.05, 3.63) is 51.8 Å². The van der Waals surface area contributed by atoms with Crippen molar-refractivity contribution in [2.75, 3.05) is 13.7 Å². The molecule has 1 amide bonds. The Morgan fingerprint density at radius 1 is 1.42 bits per heavy atom. The summed E-state index contributed by atoms with van der Waals surface area (Å²) >= 11 is 6.43. The van der Waals surface area contributed by atoms with Crippen molar-refractivity contribution in [3.8, 4) is 0 Å². The van der Waals surface area contributed by atoms with Crippen molar-refractivity contribution >= 4 is 17.5 Å². The van der Waals surface area contributed by atoms with Gasteiger partial charge in [0.25, 0.3) is 5.91 Å². The minimum atomic E-state index is -0.0192. The first kappa shape index (κ1) is 17.0. The van der Waals surface area contributed by atoms with Gasteiger partial charge in [-0.1, -0.05) is 29.8 Å². The van der Waals surface area contributed by atoms with E-state index in [4.69, 9.17) is 16.3 Å². The molecule has 0 radical (unpaired) electrons. The Balaban J connectivity index is 1.95. The molecule has 1 atom stereocenters. The smallest absolute Gasteiger partial charge is 0.254 e. The molecule has 0 aliphatic carbocycles. The summed E-state index contributed by atoms with van der Waals surface area (Å²) in [4.78, 5) is 15.1. The number of hydrogen-bond acceptors (Lipinski definition) is 3. The number of likely N-dealkylation sites (tertiary alicyclic amines) is 1. The highest BCUT2D eigenvalue weighted by Gasteiger charge is 2.35. The van der Waals surface area contributed by atoms with Gasteiger partial charge in [0.1, 0.15) is 5.15 Å². The van der Waals surface area contributed by atoms with Crippen molar-refractivity contribution in [1.82, 2.24) is 14.7 Å². The second-order valence-corrected chi connectivity index (χ2v) is 6.52. The summed E-state index contributed by atoms with van der Waals surface area (Å²) in [5.74, 6) is 0.0319. The number of hydrogen-bond donors (Lipinski definition) is 0. The van der Waals surface area contributed by atoms with E-state index in [2.05, 4.69) is 5.10 Å². The fourth-order valence-corrected chi connectivity index (χ4v) is 3.80. The number of ether oxygens (including phenoxy) is 1. The molecular weight excluding hydrogens is 326 g/mol. The lowest BCUT2D eigenvalue weighted by Gasteiger charge is -2.26. The molecule has 1 saturated heterocycles. The molecule has 2 aromatic rings. The molecule has 1 aliphatic heterocycles. The molecule has 2 heterocycles. The Morgan fingerprint density at radius 2 is 2.17 bits per heavy atom. The number of nitrogens with zero attached hydrogens (tertiary/aromatic N) is 3. The number of amides is 1. The molecular formula is C18H22ClN3O2. The molecule has 0 saturated carbocycles. The van der Waals surface area contributed by atoms with Gasteiger partial charge in [0, 0.05) is 31.8 Å². The predicted molar refractivity (Wildman–Crippen MR) is 93.1 cm³/mol. The Labute approximate surface area is 147 Å². The highest BCUT2D eigenvalue weighted by molar-refractivity contribution is 6.30. The third-order valence-corrected chi connectivity index (χ3v) is 5.04. The molecule has 3 rings (SSSR count). The van der Waals surface area contributed by atoms with Crippen molar-refractivity contribution in [2.24, 2.45) is 7.05 Å². The van der Waals surface area contributed by atoms with Crippen LogP contribution in [0.3, 0.4) is 0 Å². The van der Waals surface area contributed by atoms with Crippen LogP contribution < -0.4 is 0 Å². The van der Waals surface area contributed by atoms with Crippen molar-refractivity contribution in [2.45, 2.75) is 32.4 Å². The lowest BCUT2D eigenvalue weighted by atomic mass is 10.0. The zero-order valence-electron chi connectivity index (χ0n) is 14.3. The first-order valence-corrected chi connectivity index (χ1v) is 8.49. The van der Waals surface area contributed by atoms with E-state index in [1.54, 1.807) is 11.8 Å². The van der Waals surface area contributed by atoms with Gasteiger partial charge in [-0.2, -0.15) is 5.10 Å². The summed E-state index contributed by atoms with van der Waals surface area (Å²) in [6.07, 6.45) is 1.87. The highest BCUT2D eigenvalue weighted by atomic mass is 35.5. The van der Waals surface area contributed by atoms with E-state index >= 15 is 0 Å². The van der Waals surface area contributed by atoms with Gasteiger partial charge in [0.05, 0.1) is 18.3 Å². The molecule has 24 heavy (non-hydrogen) atoms. The molecule has 0 N–H and O–H groups in total.